The van der Waals surface area contributed by atoms with E-state index in [0.717, 1.165) is 43.3 Å². The zero-order chi connectivity index (χ0) is 16.5. The van der Waals surface area contributed by atoms with E-state index in [1.54, 1.807) is 7.05 Å². The fourth-order valence-corrected chi connectivity index (χ4v) is 3.54. The summed E-state index contributed by atoms with van der Waals surface area (Å²) in [4.78, 5) is 25.5. The lowest BCUT2D eigenvalue weighted by molar-refractivity contribution is -0.123. The Hall–Kier alpha value is -2.63. The first-order valence-electron chi connectivity index (χ1n) is 8.41. The third-order valence-electron chi connectivity index (χ3n) is 4.85. The quantitative estimate of drug-likeness (QED) is 0.932. The van der Waals surface area contributed by atoms with Gasteiger partial charge in [0, 0.05) is 38.8 Å². The molecule has 2 aliphatic heterocycles. The number of carbonyl (C=O) groups is 1. The van der Waals surface area contributed by atoms with Gasteiger partial charge in [0.25, 0.3) is 0 Å². The number of hydrogen-bond acceptors (Lipinski definition) is 5. The Morgan fingerprint density at radius 1 is 1.25 bits per heavy atom. The maximum absolute atomic E-state index is 11.8. The predicted octanol–water partition coefficient (Wildman–Crippen LogP) is 1.74. The van der Waals surface area contributed by atoms with E-state index in [4.69, 9.17) is 4.98 Å². The summed E-state index contributed by atoms with van der Waals surface area (Å²) >= 11 is 0. The van der Waals surface area contributed by atoms with Crippen molar-refractivity contribution in [3.63, 3.8) is 0 Å². The first kappa shape index (κ1) is 14.9. The summed E-state index contributed by atoms with van der Waals surface area (Å²) in [6.45, 7) is 2.46. The van der Waals surface area contributed by atoms with Gasteiger partial charge in [-0.15, -0.1) is 0 Å². The van der Waals surface area contributed by atoms with Gasteiger partial charge >= 0.3 is 0 Å². The molecule has 4 rings (SSSR count). The predicted molar refractivity (Wildman–Crippen MR) is 93.6 cm³/mol. The van der Waals surface area contributed by atoms with E-state index in [1.807, 2.05) is 24.4 Å². The molecule has 1 amide bonds. The largest absolute Gasteiger partial charge is 0.359 e. The van der Waals surface area contributed by atoms with Crippen molar-refractivity contribution < 1.29 is 4.79 Å². The molecule has 1 fully saturated rings. The fourth-order valence-electron chi connectivity index (χ4n) is 3.54. The molecule has 0 unspecified atom stereocenters. The molecule has 1 aromatic heterocycles. The van der Waals surface area contributed by atoms with Crippen LogP contribution in [0.3, 0.4) is 0 Å². The number of amides is 1. The number of rotatable bonds is 3. The summed E-state index contributed by atoms with van der Waals surface area (Å²) in [5, 5.41) is 2.73. The van der Waals surface area contributed by atoms with E-state index in [-0.39, 0.29) is 11.8 Å². The minimum Gasteiger partial charge on any atom is -0.359 e. The van der Waals surface area contributed by atoms with Crippen LogP contribution < -0.4 is 15.1 Å². The van der Waals surface area contributed by atoms with Gasteiger partial charge < -0.3 is 15.1 Å². The number of para-hydroxylation sites is 1. The van der Waals surface area contributed by atoms with Gasteiger partial charge in [-0.1, -0.05) is 18.2 Å². The van der Waals surface area contributed by atoms with Crippen molar-refractivity contribution in [2.45, 2.75) is 12.8 Å². The zero-order valence-electron chi connectivity index (χ0n) is 13.8. The maximum atomic E-state index is 11.8. The molecule has 6 heteroatoms. The molecule has 0 aliphatic carbocycles. The summed E-state index contributed by atoms with van der Waals surface area (Å²) in [6, 6.07) is 10.3. The maximum Gasteiger partial charge on any atom is 0.225 e. The van der Waals surface area contributed by atoms with Crippen LogP contribution in [0.5, 0.6) is 0 Å². The van der Waals surface area contributed by atoms with E-state index in [0.29, 0.717) is 6.54 Å². The fraction of sp³-hybridized carbons (Fsp3) is 0.389. The first-order valence-corrected chi connectivity index (χ1v) is 8.41. The van der Waals surface area contributed by atoms with Crippen LogP contribution in [0.15, 0.2) is 36.5 Å². The molecule has 6 nitrogen and oxygen atoms in total. The number of hydrogen-bond donors (Lipinski definition) is 1. The van der Waals surface area contributed by atoms with Crippen molar-refractivity contribution in [1.29, 1.82) is 0 Å². The highest BCUT2D eigenvalue weighted by Gasteiger charge is 2.30. The zero-order valence-corrected chi connectivity index (χ0v) is 13.8. The van der Waals surface area contributed by atoms with E-state index < -0.39 is 0 Å². The molecule has 24 heavy (non-hydrogen) atoms. The van der Waals surface area contributed by atoms with Gasteiger partial charge in [-0.2, -0.15) is 0 Å². The Morgan fingerprint density at radius 2 is 2.08 bits per heavy atom. The van der Waals surface area contributed by atoms with Crippen molar-refractivity contribution in [1.82, 2.24) is 15.3 Å². The average molecular weight is 323 g/mol. The molecule has 0 bridgehead atoms. The monoisotopic (exact) mass is 323 g/mol. The molecule has 2 aliphatic rings. The Bertz CT molecular complexity index is 748. The lowest BCUT2D eigenvalue weighted by Gasteiger charge is -2.20. The smallest absolute Gasteiger partial charge is 0.225 e. The van der Waals surface area contributed by atoms with Crippen molar-refractivity contribution in [3.8, 4) is 0 Å². The molecule has 1 aromatic carbocycles. The molecule has 124 valence electrons. The van der Waals surface area contributed by atoms with Gasteiger partial charge in [-0.3, -0.25) is 4.79 Å². The summed E-state index contributed by atoms with van der Waals surface area (Å²) in [6.07, 6.45) is 3.70. The van der Waals surface area contributed by atoms with Gasteiger partial charge in [0.05, 0.1) is 23.5 Å². The minimum atomic E-state index is 0.0349. The SMILES string of the molecule is CNC(=O)[C@H]1CCN(c2ncc3c(n2)CCN3c2ccccc2)C1. The molecule has 0 radical (unpaired) electrons. The number of anilines is 3. The second-order valence-electron chi connectivity index (χ2n) is 6.28. The van der Waals surface area contributed by atoms with E-state index in [1.165, 1.54) is 5.69 Å². The second-order valence-corrected chi connectivity index (χ2v) is 6.28. The van der Waals surface area contributed by atoms with Crippen molar-refractivity contribution in [3.05, 3.63) is 42.2 Å². The number of aromatic nitrogens is 2. The molecule has 0 saturated carbocycles. The third kappa shape index (κ3) is 2.58. The number of carbonyl (C=O) groups excluding carboxylic acids is 1. The Kier molecular flexibility index (Phi) is 3.80. The van der Waals surface area contributed by atoms with Crippen LogP contribution in [-0.4, -0.2) is 42.6 Å². The Morgan fingerprint density at radius 3 is 2.88 bits per heavy atom. The molecule has 1 atom stereocenters. The molecule has 0 spiro atoms. The molecule has 3 heterocycles. The summed E-state index contributed by atoms with van der Waals surface area (Å²) in [5.41, 5.74) is 3.35. The van der Waals surface area contributed by atoms with Gasteiger partial charge in [-0.05, 0) is 18.6 Å². The third-order valence-corrected chi connectivity index (χ3v) is 4.85. The Labute approximate surface area is 141 Å². The van der Waals surface area contributed by atoms with E-state index >= 15 is 0 Å². The van der Waals surface area contributed by atoms with Crippen molar-refractivity contribution in [2.75, 3.05) is 36.5 Å². The summed E-state index contributed by atoms with van der Waals surface area (Å²) < 4.78 is 0. The molecular formula is C18H21N5O. The minimum absolute atomic E-state index is 0.0349. The van der Waals surface area contributed by atoms with Crippen LogP contribution in [0.4, 0.5) is 17.3 Å². The lowest BCUT2D eigenvalue weighted by Crippen LogP contribution is -2.30. The van der Waals surface area contributed by atoms with Crippen molar-refractivity contribution in [2.24, 2.45) is 5.92 Å². The number of benzene rings is 1. The van der Waals surface area contributed by atoms with Crippen LogP contribution in [0.25, 0.3) is 0 Å². The van der Waals surface area contributed by atoms with Gasteiger partial charge in [-0.25, -0.2) is 9.97 Å². The standard InChI is InChI=1S/C18H21N5O/c1-19-17(24)13-7-9-22(12-13)18-20-11-16-15(21-18)8-10-23(16)14-5-3-2-4-6-14/h2-6,11,13H,7-10,12H2,1H3,(H,19,24)/t13-/m0/s1. The van der Waals surface area contributed by atoms with E-state index in [2.05, 4.69) is 32.2 Å². The van der Waals surface area contributed by atoms with Crippen LogP contribution in [0.1, 0.15) is 12.1 Å². The number of nitrogens with one attached hydrogen (secondary N) is 1. The van der Waals surface area contributed by atoms with Crippen LogP contribution in [-0.2, 0) is 11.2 Å². The van der Waals surface area contributed by atoms with Gasteiger partial charge in [0.15, 0.2) is 0 Å². The number of nitrogens with zero attached hydrogens (tertiary/aromatic N) is 4. The highest BCUT2D eigenvalue weighted by molar-refractivity contribution is 5.79. The van der Waals surface area contributed by atoms with Gasteiger partial charge in [0.1, 0.15) is 0 Å². The highest BCUT2D eigenvalue weighted by Crippen LogP contribution is 2.34. The van der Waals surface area contributed by atoms with Gasteiger partial charge in [0.2, 0.25) is 11.9 Å². The van der Waals surface area contributed by atoms with Crippen LogP contribution in [0.2, 0.25) is 0 Å². The molecule has 1 N–H and O–H groups in total. The van der Waals surface area contributed by atoms with Crippen molar-refractivity contribution >= 4 is 23.2 Å². The number of fused-ring (bicyclic) bond motifs is 1. The summed E-state index contributed by atoms with van der Waals surface area (Å²) in [7, 11) is 1.69. The highest BCUT2D eigenvalue weighted by atomic mass is 16.1. The van der Waals surface area contributed by atoms with Crippen LogP contribution in [0, 0.1) is 5.92 Å². The normalized spacial score (nSPS) is 19.5. The topological polar surface area (TPSA) is 61.4 Å². The van der Waals surface area contributed by atoms with Crippen LogP contribution >= 0.6 is 0 Å². The van der Waals surface area contributed by atoms with E-state index in [9.17, 15) is 4.79 Å². The summed E-state index contributed by atoms with van der Waals surface area (Å²) in [5.74, 6) is 0.886. The lowest BCUT2D eigenvalue weighted by atomic mass is 10.1. The molecule has 1 saturated heterocycles. The Balaban J connectivity index is 1.54. The first-order chi connectivity index (χ1) is 11.8. The molecule has 2 aromatic rings. The average Bonchev–Trinajstić information content (AvgIpc) is 3.28. The molecular weight excluding hydrogens is 302 g/mol. The second kappa shape index (κ2) is 6.11.